The number of rotatable bonds is 6. The van der Waals surface area contributed by atoms with Crippen molar-refractivity contribution in [1.29, 1.82) is 5.26 Å². The van der Waals surface area contributed by atoms with Crippen LogP contribution < -0.4 is 10.0 Å². The fraction of sp³-hybridized carbons (Fsp3) is 0.143. The smallest absolute Gasteiger partial charge is 0.282 e. The second-order valence-corrected chi connectivity index (χ2v) is 9.51. The van der Waals surface area contributed by atoms with E-state index in [1.807, 2.05) is 6.92 Å². The lowest BCUT2D eigenvalue weighted by atomic mass is 10.1. The van der Waals surface area contributed by atoms with Gasteiger partial charge in [-0.05, 0) is 54.7 Å². The highest BCUT2D eigenvalue weighted by molar-refractivity contribution is 7.92. The number of benzene rings is 2. The number of hydrogen-bond donors (Lipinski definition) is 3. The van der Waals surface area contributed by atoms with Crippen molar-refractivity contribution < 1.29 is 13.2 Å². The number of hydrogen-bond acceptors (Lipinski definition) is 7. The van der Waals surface area contributed by atoms with E-state index in [1.54, 1.807) is 37.4 Å². The lowest BCUT2D eigenvalue weighted by Crippen LogP contribution is -2.22. The number of amides is 1. The number of sulfonamides is 1. The van der Waals surface area contributed by atoms with Crippen LogP contribution in [0.3, 0.4) is 0 Å². The first kappa shape index (κ1) is 21.5. The van der Waals surface area contributed by atoms with Gasteiger partial charge in [0.05, 0.1) is 21.7 Å². The molecule has 9 nitrogen and oxygen atoms in total. The van der Waals surface area contributed by atoms with Gasteiger partial charge in [-0.3, -0.25) is 9.52 Å². The van der Waals surface area contributed by atoms with Crippen LogP contribution in [0.2, 0.25) is 0 Å². The lowest BCUT2D eigenvalue weighted by Gasteiger charge is -2.11. The standard InChI is InChI=1S/C21H18N6O3S2/c1-12-3-8-17(19-18(12)15(9-22)11-23-19)27-32(29,30)16-6-4-14(5-7-16)10-24-20(28)21-25-13(2)26-31-21/h3-8,11,23,27H,10H2,1-2H3,(H,24,28). The zero-order valence-corrected chi connectivity index (χ0v) is 18.8. The number of nitrogens with one attached hydrogen (secondary N) is 3. The average molecular weight is 467 g/mol. The Kier molecular flexibility index (Phi) is 5.65. The molecule has 11 heteroatoms. The molecule has 0 spiro atoms. The average Bonchev–Trinajstić information content (AvgIpc) is 3.41. The van der Waals surface area contributed by atoms with Crippen molar-refractivity contribution in [3.8, 4) is 6.07 Å². The van der Waals surface area contributed by atoms with E-state index in [0.29, 0.717) is 28.0 Å². The molecule has 32 heavy (non-hydrogen) atoms. The molecule has 2 heterocycles. The third-order valence-electron chi connectivity index (χ3n) is 4.82. The summed E-state index contributed by atoms with van der Waals surface area (Å²) in [6.07, 6.45) is 1.56. The van der Waals surface area contributed by atoms with Crippen molar-refractivity contribution in [3.63, 3.8) is 0 Å². The zero-order chi connectivity index (χ0) is 22.9. The minimum Gasteiger partial charge on any atom is -0.358 e. The molecule has 4 aromatic rings. The molecular weight excluding hydrogens is 448 g/mol. The van der Waals surface area contributed by atoms with Crippen molar-refractivity contribution in [1.82, 2.24) is 19.7 Å². The van der Waals surface area contributed by atoms with E-state index in [2.05, 4.69) is 30.4 Å². The van der Waals surface area contributed by atoms with Crippen LogP contribution >= 0.6 is 11.5 Å². The van der Waals surface area contributed by atoms with Gasteiger partial charge < -0.3 is 10.3 Å². The predicted molar refractivity (Wildman–Crippen MR) is 121 cm³/mol. The topological polar surface area (TPSA) is 141 Å². The number of H-pyrrole nitrogens is 1. The van der Waals surface area contributed by atoms with Crippen LogP contribution in [0.1, 0.15) is 32.3 Å². The number of anilines is 1. The Morgan fingerprint density at radius 2 is 1.94 bits per heavy atom. The molecule has 2 aromatic carbocycles. The summed E-state index contributed by atoms with van der Waals surface area (Å²) in [5, 5.41) is 13.0. The molecule has 0 unspecified atom stereocenters. The van der Waals surface area contributed by atoms with Gasteiger partial charge >= 0.3 is 0 Å². The molecular formula is C21H18N6O3S2. The lowest BCUT2D eigenvalue weighted by molar-refractivity contribution is 0.0950. The van der Waals surface area contributed by atoms with Gasteiger partial charge in [-0.25, -0.2) is 13.4 Å². The summed E-state index contributed by atoms with van der Waals surface area (Å²) in [5.74, 6) is 0.205. The number of aromatic amines is 1. The Morgan fingerprint density at radius 1 is 1.19 bits per heavy atom. The maximum Gasteiger partial charge on any atom is 0.282 e. The minimum absolute atomic E-state index is 0.0770. The highest BCUT2D eigenvalue weighted by atomic mass is 32.2. The number of carbonyl (C=O) groups is 1. The summed E-state index contributed by atoms with van der Waals surface area (Å²) in [5.41, 5.74) is 2.97. The van der Waals surface area contributed by atoms with Gasteiger partial charge in [0.25, 0.3) is 15.9 Å². The minimum atomic E-state index is -3.86. The van der Waals surface area contributed by atoms with E-state index >= 15 is 0 Å². The van der Waals surface area contributed by atoms with Crippen LogP contribution in [-0.4, -0.2) is 28.7 Å². The van der Waals surface area contributed by atoms with E-state index in [4.69, 9.17) is 0 Å². The van der Waals surface area contributed by atoms with Crippen molar-refractivity contribution in [2.75, 3.05) is 4.72 Å². The first-order valence-electron chi connectivity index (χ1n) is 9.49. The van der Waals surface area contributed by atoms with Gasteiger partial charge in [-0.2, -0.15) is 9.64 Å². The van der Waals surface area contributed by atoms with E-state index in [1.165, 1.54) is 12.1 Å². The normalized spacial score (nSPS) is 11.3. The van der Waals surface area contributed by atoms with Gasteiger partial charge in [0.1, 0.15) is 11.9 Å². The zero-order valence-electron chi connectivity index (χ0n) is 17.1. The molecule has 2 aromatic heterocycles. The molecule has 0 fully saturated rings. The molecule has 0 atom stereocenters. The maximum atomic E-state index is 12.9. The molecule has 0 aliphatic carbocycles. The first-order valence-corrected chi connectivity index (χ1v) is 11.7. The third kappa shape index (κ3) is 4.18. The summed E-state index contributed by atoms with van der Waals surface area (Å²) in [6, 6.07) is 11.7. The predicted octanol–water partition coefficient (Wildman–Crippen LogP) is 3.24. The highest BCUT2D eigenvalue weighted by Gasteiger charge is 2.18. The van der Waals surface area contributed by atoms with E-state index < -0.39 is 10.0 Å². The van der Waals surface area contributed by atoms with Crippen LogP contribution in [0.4, 0.5) is 5.69 Å². The number of carbonyl (C=O) groups excluding carboxylic acids is 1. The van der Waals surface area contributed by atoms with Gasteiger partial charge in [0, 0.05) is 18.1 Å². The molecule has 0 saturated carbocycles. The summed E-state index contributed by atoms with van der Waals surface area (Å²) >= 11 is 1.02. The van der Waals surface area contributed by atoms with E-state index in [0.717, 1.165) is 22.7 Å². The first-order chi connectivity index (χ1) is 15.3. The maximum absolute atomic E-state index is 12.9. The monoisotopic (exact) mass is 466 g/mol. The quantitative estimate of drug-likeness (QED) is 0.398. The Balaban J connectivity index is 1.50. The Morgan fingerprint density at radius 3 is 2.59 bits per heavy atom. The molecule has 3 N–H and O–H groups in total. The number of aromatic nitrogens is 3. The second kappa shape index (κ2) is 8.41. The van der Waals surface area contributed by atoms with Crippen LogP contribution in [0.5, 0.6) is 0 Å². The van der Waals surface area contributed by atoms with Crippen LogP contribution in [0.25, 0.3) is 10.9 Å². The molecule has 0 saturated heterocycles. The Hall–Kier alpha value is -3.75. The fourth-order valence-electron chi connectivity index (χ4n) is 3.23. The van der Waals surface area contributed by atoms with Crippen molar-refractivity contribution in [2.45, 2.75) is 25.3 Å². The number of nitrogens with zero attached hydrogens (tertiary/aromatic N) is 3. The third-order valence-corrected chi connectivity index (χ3v) is 7.00. The van der Waals surface area contributed by atoms with Crippen LogP contribution in [0, 0.1) is 25.2 Å². The molecule has 162 valence electrons. The van der Waals surface area contributed by atoms with Crippen LogP contribution in [0.15, 0.2) is 47.5 Å². The van der Waals surface area contributed by atoms with Crippen molar-refractivity contribution in [2.24, 2.45) is 0 Å². The Labute approximate surface area is 188 Å². The van der Waals surface area contributed by atoms with Crippen molar-refractivity contribution >= 4 is 44.1 Å². The molecule has 0 aliphatic heterocycles. The number of nitriles is 1. The second-order valence-electron chi connectivity index (χ2n) is 7.07. The van der Waals surface area contributed by atoms with E-state index in [-0.39, 0.29) is 22.4 Å². The number of fused-ring (bicyclic) bond motifs is 1. The number of aryl methyl sites for hydroxylation is 2. The summed E-state index contributed by atoms with van der Waals surface area (Å²) < 4.78 is 32.4. The molecule has 0 aliphatic rings. The molecule has 1 amide bonds. The van der Waals surface area contributed by atoms with Gasteiger partial charge in [-0.15, -0.1) is 0 Å². The fourth-order valence-corrected chi connectivity index (χ4v) is 4.89. The largest absolute Gasteiger partial charge is 0.358 e. The molecule has 4 rings (SSSR count). The summed E-state index contributed by atoms with van der Waals surface area (Å²) in [4.78, 5) is 19.2. The SMILES string of the molecule is Cc1nsc(C(=O)NCc2ccc(S(=O)(=O)Nc3ccc(C)c4c(C#N)c[nH]c34)cc2)n1. The molecule has 0 radical (unpaired) electrons. The van der Waals surface area contributed by atoms with Gasteiger partial charge in [0.15, 0.2) is 0 Å². The van der Waals surface area contributed by atoms with Gasteiger partial charge in [0.2, 0.25) is 5.01 Å². The van der Waals surface area contributed by atoms with Crippen LogP contribution in [-0.2, 0) is 16.6 Å². The van der Waals surface area contributed by atoms with Gasteiger partial charge in [-0.1, -0.05) is 18.2 Å². The van der Waals surface area contributed by atoms with Crippen molar-refractivity contribution in [3.05, 3.63) is 70.1 Å². The van der Waals surface area contributed by atoms with E-state index in [9.17, 15) is 18.5 Å². The molecule has 0 bridgehead atoms. The summed E-state index contributed by atoms with van der Waals surface area (Å²) in [6.45, 7) is 3.79. The highest BCUT2D eigenvalue weighted by Crippen LogP contribution is 2.30. The summed E-state index contributed by atoms with van der Waals surface area (Å²) in [7, 11) is -3.86. The Bertz CT molecular complexity index is 1460.